The van der Waals surface area contributed by atoms with Crippen LogP contribution >= 0.6 is 0 Å². The molecule has 0 aromatic heterocycles. The van der Waals surface area contributed by atoms with Crippen molar-refractivity contribution in [2.75, 3.05) is 4.90 Å². The van der Waals surface area contributed by atoms with Crippen molar-refractivity contribution in [1.82, 2.24) is 0 Å². The molecule has 0 fully saturated rings. The standard InChI is InChI=1S/C55H41N/c1-55(2)51-37-46(34-35-49(51)53-50(42-20-10-5-11-21-42)36-44-22-12-13-24-48(44)54(53)55)56(45-32-30-41(31-33-45)39-18-8-4-9-19-39)52-25-15-14-23-47(52)43-28-26-40(27-29-43)38-16-6-3-7-17-38/h3-37H,1-2H3. The van der Waals surface area contributed by atoms with Crippen molar-refractivity contribution < 1.29 is 0 Å². The summed E-state index contributed by atoms with van der Waals surface area (Å²) < 4.78 is 0. The van der Waals surface area contributed by atoms with Crippen LogP contribution in [0.2, 0.25) is 0 Å². The summed E-state index contributed by atoms with van der Waals surface area (Å²) in [7, 11) is 0. The zero-order valence-electron chi connectivity index (χ0n) is 31.7. The van der Waals surface area contributed by atoms with Crippen molar-refractivity contribution in [2.45, 2.75) is 19.3 Å². The van der Waals surface area contributed by atoms with Crippen molar-refractivity contribution in [2.24, 2.45) is 0 Å². The first-order chi connectivity index (χ1) is 27.5. The number of para-hydroxylation sites is 1. The lowest BCUT2D eigenvalue weighted by Gasteiger charge is -2.30. The van der Waals surface area contributed by atoms with E-state index in [2.05, 4.69) is 231 Å². The van der Waals surface area contributed by atoms with Crippen LogP contribution < -0.4 is 4.90 Å². The first kappa shape index (κ1) is 33.6. The van der Waals surface area contributed by atoms with Crippen LogP contribution in [-0.2, 0) is 5.41 Å². The van der Waals surface area contributed by atoms with Crippen LogP contribution in [-0.4, -0.2) is 0 Å². The molecule has 0 spiro atoms. The highest BCUT2D eigenvalue weighted by atomic mass is 15.1. The number of hydrogen-bond acceptors (Lipinski definition) is 1. The summed E-state index contributed by atoms with van der Waals surface area (Å²) in [5.74, 6) is 0. The average Bonchev–Trinajstić information content (AvgIpc) is 3.51. The van der Waals surface area contributed by atoms with Gasteiger partial charge in [0.05, 0.1) is 5.69 Å². The monoisotopic (exact) mass is 715 g/mol. The van der Waals surface area contributed by atoms with Gasteiger partial charge in [0.2, 0.25) is 0 Å². The van der Waals surface area contributed by atoms with Gasteiger partial charge in [0, 0.05) is 22.4 Å². The van der Waals surface area contributed by atoms with Gasteiger partial charge in [0.25, 0.3) is 0 Å². The Bertz CT molecular complexity index is 2840. The number of fused-ring (bicyclic) bond motifs is 5. The van der Waals surface area contributed by atoms with Gasteiger partial charge in [-0.1, -0.05) is 190 Å². The molecule has 10 rings (SSSR count). The lowest BCUT2D eigenvalue weighted by molar-refractivity contribution is 0.666. The number of hydrogen-bond donors (Lipinski definition) is 0. The van der Waals surface area contributed by atoms with E-state index in [-0.39, 0.29) is 5.41 Å². The maximum absolute atomic E-state index is 2.46. The molecule has 0 saturated heterocycles. The van der Waals surface area contributed by atoms with E-state index in [4.69, 9.17) is 0 Å². The molecule has 0 N–H and O–H groups in total. The van der Waals surface area contributed by atoms with Gasteiger partial charge in [-0.05, 0) is 108 Å². The molecular weight excluding hydrogens is 675 g/mol. The van der Waals surface area contributed by atoms with Crippen LogP contribution in [0.4, 0.5) is 17.1 Å². The summed E-state index contributed by atoms with van der Waals surface area (Å²) in [6.07, 6.45) is 0. The molecule has 9 aromatic rings. The van der Waals surface area contributed by atoms with Crippen LogP contribution in [0.3, 0.4) is 0 Å². The molecule has 0 radical (unpaired) electrons. The number of rotatable bonds is 7. The summed E-state index contributed by atoms with van der Waals surface area (Å²) in [5.41, 5.74) is 18.3. The molecule has 1 heteroatoms. The SMILES string of the molecule is CC1(C)c2cc(N(c3ccc(-c4ccccc4)cc3)c3ccccc3-c3ccc(-c4ccccc4)cc3)ccc2-c2c(-c3ccccc3)cc3ccccc3c21. The van der Waals surface area contributed by atoms with Crippen molar-refractivity contribution >= 4 is 27.8 Å². The van der Waals surface area contributed by atoms with Gasteiger partial charge in [-0.3, -0.25) is 0 Å². The Kier molecular flexibility index (Phi) is 8.23. The Morgan fingerprint density at radius 2 is 0.839 bits per heavy atom. The molecule has 0 amide bonds. The fourth-order valence-electron chi connectivity index (χ4n) is 8.91. The molecule has 1 aliphatic rings. The van der Waals surface area contributed by atoms with Gasteiger partial charge >= 0.3 is 0 Å². The Morgan fingerprint density at radius 3 is 1.50 bits per heavy atom. The summed E-state index contributed by atoms with van der Waals surface area (Å²) in [4.78, 5) is 2.45. The maximum Gasteiger partial charge on any atom is 0.0540 e. The third-order valence-corrected chi connectivity index (χ3v) is 11.6. The highest BCUT2D eigenvalue weighted by Gasteiger charge is 2.39. The summed E-state index contributed by atoms with van der Waals surface area (Å²) in [5, 5.41) is 2.60. The zero-order chi connectivity index (χ0) is 37.6. The van der Waals surface area contributed by atoms with Gasteiger partial charge in [-0.2, -0.15) is 0 Å². The molecule has 9 aromatic carbocycles. The minimum Gasteiger partial charge on any atom is -0.310 e. The van der Waals surface area contributed by atoms with Crippen LogP contribution in [0.25, 0.3) is 66.4 Å². The van der Waals surface area contributed by atoms with Crippen LogP contribution in [0.5, 0.6) is 0 Å². The fourth-order valence-corrected chi connectivity index (χ4v) is 8.91. The van der Waals surface area contributed by atoms with E-state index in [1.807, 2.05) is 0 Å². The molecule has 0 aliphatic heterocycles. The number of anilines is 3. The van der Waals surface area contributed by atoms with Crippen molar-refractivity contribution in [1.29, 1.82) is 0 Å². The first-order valence-corrected chi connectivity index (χ1v) is 19.5. The smallest absolute Gasteiger partial charge is 0.0540 e. The molecule has 0 atom stereocenters. The maximum atomic E-state index is 2.46. The second kappa shape index (κ2) is 13.7. The summed E-state index contributed by atoms with van der Waals surface area (Å²) in [6, 6.07) is 77.4. The van der Waals surface area contributed by atoms with Gasteiger partial charge in [-0.25, -0.2) is 0 Å². The lowest BCUT2D eigenvalue weighted by atomic mass is 9.79. The van der Waals surface area contributed by atoms with Crippen LogP contribution in [0.1, 0.15) is 25.0 Å². The topological polar surface area (TPSA) is 3.24 Å². The van der Waals surface area contributed by atoms with E-state index in [0.717, 1.165) is 17.1 Å². The van der Waals surface area contributed by atoms with E-state index >= 15 is 0 Å². The Balaban J connectivity index is 1.16. The van der Waals surface area contributed by atoms with Crippen LogP contribution in [0, 0.1) is 0 Å². The lowest BCUT2D eigenvalue weighted by Crippen LogP contribution is -2.17. The second-order valence-corrected chi connectivity index (χ2v) is 15.3. The first-order valence-electron chi connectivity index (χ1n) is 19.5. The van der Waals surface area contributed by atoms with Gasteiger partial charge in [0.1, 0.15) is 0 Å². The highest BCUT2D eigenvalue weighted by Crippen LogP contribution is 2.56. The molecule has 0 heterocycles. The predicted molar refractivity (Wildman–Crippen MR) is 238 cm³/mol. The van der Waals surface area contributed by atoms with Crippen molar-refractivity contribution in [3.63, 3.8) is 0 Å². The fraction of sp³-hybridized carbons (Fsp3) is 0.0545. The third kappa shape index (κ3) is 5.72. The quantitative estimate of drug-likeness (QED) is 0.159. The van der Waals surface area contributed by atoms with Gasteiger partial charge in [-0.15, -0.1) is 0 Å². The molecule has 0 saturated carbocycles. The molecule has 1 nitrogen and oxygen atoms in total. The molecular formula is C55H41N. The van der Waals surface area contributed by atoms with E-state index in [9.17, 15) is 0 Å². The van der Waals surface area contributed by atoms with E-state index in [0.29, 0.717) is 0 Å². The second-order valence-electron chi connectivity index (χ2n) is 15.3. The third-order valence-electron chi connectivity index (χ3n) is 11.6. The minimum atomic E-state index is -0.235. The van der Waals surface area contributed by atoms with E-state index in [1.54, 1.807) is 0 Å². The molecule has 0 unspecified atom stereocenters. The predicted octanol–water partition coefficient (Wildman–Crippen LogP) is 15.3. The highest BCUT2D eigenvalue weighted by molar-refractivity contribution is 6.05. The Labute approximate surface area is 329 Å². The molecule has 266 valence electrons. The molecule has 1 aliphatic carbocycles. The van der Waals surface area contributed by atoms with Crippen molar-refractivity contribution in [3.8, 4) is 55.6 Å². The van der Waals surface area contributed by atoms with Gasteiger partial charge in [0.15, 0.2) is 0 Å². The Morgan fingerprint density at radius 1 is 0.357 bits per heavy atom. The molecule has 56 heavy (non-hydrogen) atoms. The summed E-state index contributed by atoms with van der Waals surface area (Å²) in [6.45, 7) is 4.81. The Hall–Kier alpha value is -6.96. The number of nitrogens with zero attached hydrogens (tertiary/aromatic N) is 1. The number of benzene rings is 9. The zero-order valence-corrected chi connectivity index (χ0v) is 31.7. The summed E-state index contributed by atoms with van der Waals surface area (Å²) >= 11 is 0. The van der Waals surface area contributed by atoms with Gasteiger partial charge < -0.3 is 4.90 Å². The normalized spacial score (nSPS) is 12.6. The van der Waals surface area contributed by atoms with E-state index in [1.165, 1.54) is 77.5 Å². The minimum absolute atomic E-state index is 0.235. The van der Waals surface area contributed by atoms with E-state index < -0.39 is 0 Å². The molecule has 0 bridgehead atoms. The average molecular weight is 716 g/mol. The largest absolute Gasteiger partial charge is 0.310 e. The van der Waals surface area contributed by atoms with Crippen LogP contribution in [0.15, 0.2) is 212 Å². The van der Waals surface area contributed by atoms with Crippen molar-refractivity contribution in [3.05, 3.63) is 223 Å².